The largest absolute Gasteiger partial charge is 0.493 e. The van der Waals surface area contributed by atoms with Crippen LogP contribution in [0.5, 0.6) is 28.7 Å². The number of carbonyl (C=O) groups excluding carboxylic acids is 1. The third-order valence-electron chi connectivity index (χ3n) is 4.74. The summed E-state index contributed by atoms with van der Waals surface area (Å²) in [6, 6.07) is 19.3. The molecule has 168 valence electrons. The van der Waals surface area contributed by atoms with Crippen LogP contribution in [0.15, 0.2) is 72.9 Å². The van der Waals surface area contributed by atoms with Crippen LogP contribution < -0.4 is 24.3 Å². The Morgan fingerprint density at radius 3 is 2.36 bits per heavy atom. The average molecular weight is 465 g/mol. The number of anilines is 1. The van der Waals surface area contributed by atoms with Crippen LogP contribution in [0.4, 0.5) is 5.69 Å². The smallest absolute Gasteiger partial charge is 0.262 e. The molecule has 0 atom stereocenters. The molecule has 0 saturated heterocycles. The summed E-state index contributed by atoms with van der Waals surface area (Å²) in [5.41, 5.74) is 1.33. The molecule has 1 N–H and O–H groups in total. The zero-order chi connectivity index (χ0) is 23.2. The van der Waals surface area contributed by atoms with Gasteiger partial charge in [-0.15, -0.1) is 0 Å². The summed E-state index contributed by atoms with van der Waals surface area (Å²) in [7, 11) is 3.16. The monoisotopic (exact) mass is 464 g/mol. The second-order valence-electron chi connectivity index (χ2n) is 6.95. The van der Waals surface area contributed by atoms with Crippen molar-refractivity contribution in [3.63, 3.8) is 0 Å². The van der Waals surface area contributed by atoms with Crippen molar-refractivity contribution in [3.05, 3.63) is 77.9 Å². The molecule has 0 aliphatic rings. The molecular formula is C25H21ClN2O5. The number of nitrogens with one attached hydrogen (secondary N) is 1. The Morgan fingerprint density at radius 1 is 0.909 bits per heavy atom. The summed E-state index contributed by atoms with van der Waals surface area (Å²) in [5, 5.41) is 4.06. The van der Waals surface area contributed by atoms with Gasteiger partial charge in [0.1, 0.15) is 17.2 Å². The number of rotatable bonds is 8. The van der Waals surface area contributed by atoms with E-state index in [1.807, 2.05) is 6.07 Å². The molecular weight excluding hydrogens is 444 g/mol. The zero-order valence-corrected chi connectivity index (χ0v) is 18.8. The molecule has 0 bridgehead atoms. The van der Waals surface area contributed by atoms with Gasteiger partial charge in [-0.1, -0.05) is 17.7 Å². The minimum Gasteiger partial charge on any atom is -0.493 e. The second-order valence-corrected chi connectivity index (χ2v) is 7.39. The van der Waals surface area contributed by atoms with E-state index in [1.165, 1.54) is 0 Å². The molecule has 0 fully saturated rings. The summed E-state index contributed by atoms with van der Waals surface area (Å²) in [5.74, 6) is 2.65. The first kappa shape index (κ1) is 22.2. The Hall–Kier alpha value is -3.97. The summed E-state index contributed by atoms with van der Waals surface area (Å²) in [6.45, 7) is -0.136. The van der Waals surface area contributed by atoms with Gasteiger partial charge in [-0.25, -0.2) is 0 Å². The van der Waals surface area contributed by atoms with E-state index in [-0.39, 0.29) is 12.5 Å². The van der Waals surface area contributed by atoms with E-state index in [0.29, 0.717) is 39.5 Å². The van der Waals surface area contributed by atoms with Crippen LogP contribution in [0.2, 0.25) is 5.02 Å². The molecule has 0 aliphatic heterocycles. The topological polar surface area (TPSA) is 78.9 Å². The van der Waals surface area contributed by atoms with E-state index in [1.54, 1.807) is 81.1 Å². The highest BCUT2D eigenvalue weighted by Crippen LogP contribution is 2.37. The number of methoxy groups -OCH3 is 2. The van der Waals surface area contributed by atoms with Crippen LogP contribution in [0.1, 0.15) is 0 Å². The van der Waals surface area contributed by atoms with E-state index in [9.17, 15) is 4.79 Å². The molecule has 1 heterocycles. The van der Waals surface area contributed by atoms with Crippen LogP contribution in [0.25, 0.3) is 10.9 Å². The van der Waals surface area contributed by atoms with Crippen molar-refractivity contribution >= 4 is 34.1 Å². The highest BCUT2D eigenvalue weighted by Gasteiger charge is 2.11. The standard InChI is InChI=1S/C25H21ClN2O5/c1-30-23-13-20-21(14-24(23)31-2)27-11-10-22(20)33-19-8-6-18(7-9-19)32-15-25(29)28-17-5-3-4-16(26)12-17/h3-14H,15H2,1-2H3,(H,28,29). The number of carbonyl (C=O) groups is 1. The minimum atomic E-state index is -0.287. The van der Waals surface area contributed by atoms with Crippen molar-refractivity contribution in [2.75, 3.05) is 26.1 Å². The Morgan fingerprint density at radius 2 is 1.64 bits per heavy atom. The number of benzene rings is 3. The van der Waals surface area contributed by atoms with E-state index in [4.69, 9.17) is 30.5 Å². The van der Waals surface area contributed by atoms with Crippen molar-refractivity contribution in [1.82, 2.24) is 4.98 Å². The SMILES string of the molecule is COc1cc2nccc(Oc3ccc(OCC(=O)Nc4cccc(Cl)c4)cc3)c2cc1OC. The number of ether oxygens (including phenoxy) is 4. The van der Waals surface area contributed by atoms with Crippen LogP contribution in [0, 0.1) is 0 Å². The Balaban J connectivity index is 1.41. The molecule has 33 heavy (non-hydrogen) atoms. The van der Waals surface area contributed by atoms with Gasteiger partial charge in [-0.3, -0.25) is 9.78 Å². The van der Waals surface area contributed by atoms with E-state index in [0.717, 1.165) is 10.9 Å². The predicted octanol–water partition coefficient (Wildman–Crippen LogP) is 5.72. The number of nitrogens with zero attached hydrogens (tertiary/aromatic N) is 1. The summed E-state index contributed by atoms with van der Waals surface area (Å²) >= 11 is 5.93. The molecule has 1 aromatic heterocycles. The lowest BCUT2D eigenvalue weighted by Crippen LogP contribution is -2.20. The van der Waals surface area contributed by atoms with E-state index >= 15 is 0 Å². The molecule has 1 amide bonds. The number of amides is 1. The number of aromatic nitrogens is 1. The van der Waals surface area contributed by atoms with E-state index < -0.39 is 0 Å². The maximum atomic E-state index is 12.1. The number of pyridine rings is 1. The van der Waals surface area contributed by atoms with Gasteiger partial charge in [0.25, 0.3) is 5.91 Å². The van der Waals surface area contributed by atoms with Crippen LogP contribution in [-0.2, 0) is 4.79 Å². The third kappa shape index (κ3) is 5.45. The Bertz CT molecular complexity index is 1280. The van der Waals surface area contributed by atoms with Crippen molar-refractivity contribution < 1.29 is 23.7 Å². The lowest BCUT2D eigenvalue weighted by molar-refractivity contribution is -0.118. The normalized spacial score (nSPS) is 10.5. The summed E-state index contributed by atoms with van der Waals surface area (Å²) in [4.78, 5) is 16.5. The van der Waals surface area contributed by atoms with Gasteiger partial charge in [-0.2, -0.15) is 0 Å². The first-order valence-corrected chi connectivity index (χ1v) is 10.4. The number of hydrogen-bond acceptors (Lipinski definition) is 6. The van der Waals surface area contributed by atoms with Gasteiger partial charge in [-0.05, 0) is 54.6 Å². The van der Waals surface area contributed by atoms with Gasteiger partial charge >= 0.3 is 0 Å². The van der Waals surface area contributed by atoms with Crippen molar-refractivity contribution in [1.29, 1.82) is 0 Å². The lowest BCUT2D eigenvalue weighted by Gasteiger charge is -2.13. The average Bonchev–Trinajstić information content (AvgIpc) is 2.83. The molecule has 0 unspecified atom stereocenters. The molecule has 3 aromatic carbocycles. The molecule has 0 saturated carbocycles. The van der Waals surface area contributed by atoms with Gasteiger partial charge in [0, 0.05) is 28.4 Å². The lowest BCUT2D eigenvalue weighted by atomic mass is 10.2. The fourth-order valence-corrected chi connectivity index (χ4v) is 3.37. The first-order valence-electron chi connectivity index (χ1n) is 10.0. The number of halogens is 1. The Labute approximate surface area is 195 Å². The maximum absolute atomic E-state index is 12.1. The highest BCUT2D eigenvalue weighted by molar-refractivity contribution is 6.30. The van der Waals surface area contributed by atoms with Crippen LogP contribution in [0.3, 0.4) is 0 Å². The van der Waals surface area contributed by atoms with Crippen LogP contribution in [-0.4, -0.2) is 31.7 Å². The second kappa shape index (κ2) is 10.1. The van der Waals surface area contributed by atoms with E-state index in [2.05, 4.69) is 10.3 Å². The quantitative estimate of drug-likeness (QED) is 0.359. The summed E-state index contributed by atoms with van der Waals surface area (Å²) < 4.78 is 22.3. The molecule has 4 rings (SSSR count). The predicted molar refractivity (Wildman–Crippen MR) is 127 cm³/mol. The Kier molecular flexibility index (Phi) is 6.80. The van der Waals surface area contributed by atoms with Crippen molar-refractivity contribution in [2.45, 2.75) is 0 Å². The maximum Gasteiger partial charge on any atom is 0.262 e. The first-order chi connectivity index (χ1) is 16.1. The number of hydrogen-bond donors (Lipinski definition) is 1. The molecule has 7 nitrogen and oxygen atoms in total. The van der Waals surface area contributed by atoms with Gasteiger partial charge in [0.2, 0.25) is 0 Å². The number of fused-ring (bicyclic) bond motifs is 1. The fraction of sp³-hybridized carbons (Fsp3) is 0.120. The molecule has 8 heteroatoms. The molecule has 0 radical (unpaired) electrons. The van der Waals surface area contributed by atoms with Crippen molar-refractivity contribution in [3.8, 4) is 28.7 Å². The van der Waals surface area contributed by atoms with Crippen LogP contribution >= 0.6 is 11.6 Å². The fourth-order valence-electron chi connectivity index (χ4n) is 3.18. The third-order valence-corrected chi connectivity index (χ3v) is 4.97. The van der Waals surface area contributed by atoms with Gasteiger partial charge < -0.3 is 24.3 Å². The van der Waals surface area contributed by atoms with Gasteiger partial charge in [0.05, 0.1) is 19.7 Å². The minimum absolute atomic E-state index is 0.136. The highest BCUT2D eigenvalue weighted by atomic mass is 35.5. The molecule has 0 aliphatic carbocycles. The zero-order valence-electron chi connectivity index (χ0n) is 18.0. The molecule has 0 spiro atoms. The van der Waals surface area contributed by atoms with Crippen molar-refractivity contribution in [2.24, 2.45) is 0 Å². The molecule has 4 aromatic rings. The summed E-state index contributed by atoms with van der Waals surface area (Å²) in [6.07, 6.45) is 1.67. The van der Waals surface area contributed by atoms with Gasteiger partial charge in [0.15, 0.2) is 18.1 Å².